The van der Waals surface area contributed by atoms with Gasteiger partial charge < -0.3 is 15.5 Å². The third kappa shape index (κ3) is 6.95. The van der Waals surface area contributed by atoms with Crippen LogP contribution in [0.4, 0.5) is 0 Å². The second-order valence-electron chi connectivity index (χ2n) is 9.16. The number of amides is 1. The first-order valence-corrected chi connectivity index (χ1v) is 12.2. The second-order valence-corrected chi connectivity index (χ2v) is 9.16. The number of nitrogens with one attached hydrogen (secondary N) is 2. The number of aliphatic imine (C=N–C) groups is 1. The van der Waals surface area contributed by atoms with Gasteiger partial charge in [0.25, 0.3) is 0 Å². The molecule has 0 aliphatic carbocycles. The Morgan fingerprint density at radius 2 is 1.65 bits per heavy atom. The largest absolute Gasteiger partial charge is 0.356 e. The number of fused-ring (bicyclic) bond motifs is 1. The van der Waals surface area contributed by atoms with Crippen molar-refractivity contribution in [2.45, 2.75) is 57.8 Å². The van der Waals surface area contributed by atoms with E-state index in [-0.39, 0.29) is 29.9 Å². The van der Waals surface area contributed by atoms with E-state index < -0.39 is 0 Å². The first-order valence-electron chi connectivity index (χ1n) is 12.2. The average Bonchev–Trinajstić information content (AvgIpc) is 3.31. The molecule has 184 valence electrons. The lowest BCUT2D eigenvalue weighted by molar-refractivity contribution is -0.131. The summed E-state index contributed by atoms with van der Waals surface area (Å²) in [5, 5.41) is 6.97. The molecule has 0 aromatic heterocycles. The first-order chi connectivity index (χ1) is 16.1. The Kier molecular flexibility index (Phi) is 10.2. The zero-order chi connectivity index (χ0) is 23.0. The monoisotopic (exact) mass is 575 g/mol. The van der Waals surface area contributed by atoms with Crippen molar-refractivity contribution >= 4 is 35.8 Å². The molecule has 7 heteroatoms. The van der Waals surface area contributed by atoms with Gasteiger partial charge >= 0.3 is 0 Å². The Morgan fingerprint density at radius 3 is 2.26 bits per heavy atom. The molecule has 2 aliphatic heterocycles. The Labute approximate surface area is 221 Å². The highest BCUT2D eigenvalue weighted by atomic mass is 127. The molecule has 1 unspecified atom stereocenters. The number of carbonyl (C=O) groups excluding carboxylic acids is 1. The zero-order valence-corrected chi connectivity index (χ0v) is 22.7. The van der Waals surface area contributed by atoms with Crippen LogP contribution < -0.4 is 10.6 Å². The van der Waals surface area contributed by atoms with Gasteiger partial charge in [0.1, 0.15) is 0 Å². The molecular weight excluding hydrogens is 537 g/mol. The van der Waals surface area contributed by atoms with Crippen molar-refractivity contribution in [2.75, 3.05) is 26.7 Å². The molecule has 2 aliphatic rings. The van der Waals surface area contributed by atoms with Gasteiger partial charge in [-0.1, -0.05) is 54.6 Å². The maximum absolute atomic E-state index is 12.6. The number of likely N-dealkylation sites (tertiary alicyclic amines) is 1. The normalized spacial score (nSPS) is 17.6. The van der Waals surface area contributed by atoms with E-state index >= 15 is 0 Å². The summed E-state index contributed by atoms with van der Waals surface area (Å²) in [6.45, 7) is 6.69. The van der Waals surface area contributed by atoms with Crippen LogP contribution in [0.1, 0.15) is 55.3 Å². The summed E-state index contributed by atoms with van der Waals surface area (Å²) >= 11 is 0. The summed E-state index contributed by atoms with van der Waals surface area (Å²) in [6, 6.07) is 20.0. The molecular formula is C27H38IN5O. The summed E-state index contributed by atoms with van der Waals surface area (Å²) in [4.78, 5) is 21.5. The Hall–Kier alpha value is -2.13. The lowest BCUT2D eigenvalue weighted by atomic mass is 10.0. The lowest BCUT2D eigenvalue weighted by Gasteiger charge is -2.37. The van der Waals surface area contributed by atoms with Crippen LogP contribution in [0.3, 0.4) is 0 Å². The van der Waals surface area contributed by atoms with Crippen LogP contribution in [0.25, 0.3) is 0 Å². The summed E-state index contributed by atoms with van der Waals surface area (Å²) in [5.41, 5.74) is 3.93. The topological polar surface area (TPSA) is 60.0 Å². The molecule has 2 aromatic carbocycles. The van der Waals surface area contributed by atoms with Crippen LogP contribution in [-0.4, -0.2) is 54.4 Å². The zero-order valence-electron chi connectivity index (χ0n) is 20.4. The standard InChI is InChI=1S/C27H37N5O.HI/c1-21(22-9-4-3-5-10-22)31-17-14-25(15-18-31)30-27(28-2)29-16-8-13-26(33)32-19-23-11-6-7-12-24(23)20-32;/h3-7,9-12,21,25H,8,13-20H2,1-2H3,(H2,28,29,30);1H. The van der Waals surface area contributed by atoms with Gasteiger partial charge in [-0.3, -0.25) is 14.7 Å². The van der Waals surface area contributed by atoms with Gasteiger partial charge in [-0.2, -0.15) is 0 Å². The van der Waals surface area contributed by atoms with E-state index in [4.69, 9.17) is 0 Å². The number of carbonyl (C=O) groups is 1. The molecule has 2 aromatic rings. The fourth-order valence-electron chi connectivity index (χ4n) is 4.88. The highest BCUT2D eigenvalue weighted by Gasteiger charge is 2.24. The number of hydrogen-bond donors (Lipinski definition) is 2. The smallest absolute Gasteiger partial charge is 0.223 e. The molecule has 6 nitrogen and oxygen atoms in total. The molecule has 0 saturated carbocycles. The fraction of sp³-hybridized carbons (Fsp3) is 0.481. The summed E-state index contributed by atoms with van der Waals surface area (Å²) in [7, 11) is 1.81. The second kappa shape index (κ2) is 13.1. The van der Waals surface area contributed by atoms with Crippen molar-refractivity contribution < 1.29 is 4.79 Å². The minimum absolute atomic E-state index is 0. The van der Waals surface area contributed by atoms with E-state index in [0.29, 0.717) is 18.5 Å². The van der Waals surface area contributed by atoms with Gasteiger partial charge in [0.15, 0.2) is 5.96 Å². The molecule has 34 heavy (non-hydrogen) atoms. The van der Waals surface area contributed by atoms with Crippen LogP contribution in [0.15, 0.2) is 59.6 Å². The number of guanidine groups is 1. The molecule has 0 spiro atoms. The van der Waals surface area contributed by atoms with Crippen LogP contribution >= 0.6 is 24.0 Å². The fourth-order valence-corrected chi connectivity index (χ4v) is 4.88. The molecule has 1 atom stereocenters. The predicted octanol–water partition coefficient (Wildman–Crippen LogP) is 4.32. The number of piperidine rings is 1. The summed E-state index contributed by atoms with van der Waals surface area (Å²) < 4.78 is 0. The summed E-state index contributed by atoms with van der Waals surface area (Å²) in [6.07, 6.45) is 3.57. The van der Waals surface area contributed by atoms with E-state index in [1.807, 2.05) is 24.1 Å². The van der Waals surface area contributed by atoms with Gasteiger partial charge in [-0.15, -0.1) is 24.0 Å². The van der Waals surface area contributed by atoms with E-state index in [1.54, 1.807) is 0 Å². The van der Waals surface area contributed by atoms with Crippen molar-refractivity contribution in [2.24, 2.45) is 4.99 Å². The number of benzene rings is 2. The van der Waals surface area contributed by atoms with E-state index in [0.717, 1.165) is 57.9 Å². The minimum Gasteiger partial charge on any atom is -0.356 e. The van der Waals surface area contributed by atoms with Gasteiger partial charge in [0, 0.05) is 58.3 Å². The van der Waals surface area contributed by atoms with Crippen LogP contribution in [-0.2, 0) is 17.9 Å². The quantitative estimate of drug-likeness (QED) is 0.224. The van der Waals surface area contributed by atoms with Crippen molar-refractivity contribution in [3.63, 3.8) is 0 Å². The minimum atomic E-state index is 0. The van der Waals surface area contributed by atoms with Crippen molar-refractivity contribution in [3.8, 4) is 0 Å². The van der Waals surface area contributed by atoms with Crippen LogP contribution in [0, 0.1) is 0 Å². The van der Waals surface area contributed by atoms with Crippen LogP contribution in [0.5, 0.6) is 0 Å². The predicted molar refractivity (Wildman–Crippen MR) is 149 cm³/mol. The number of rotatable bonds is 7. The van der Waals surface area contributed by atoms with Gasteiger partial charge in [0.05, 0.1) is 0 Å². The van der Waals surface area contributed by atoms with Gasteiger partial charge in [0.2, 0.25) is 5.91 Å². The highest BCUT2D eigenvalue weighted by molar-refractivity contribution is 14.0. The van der Waals surface area contributed by atoms with Crippen molar-refractivity contribution in [1.82, 2.24) is 20.4 Å². The summed E-state index contributed by atoms with van der Waals surface area (Å²) in [5.74, 6) is 1.07. The highest BCUT2D eigenvalue weighted by Crippen LogP contribution is 2.24. The maximum atomic E-state index is 12.6. The molecule has 1 saturated heterocycles. The lowest BCUT2D eigenvalue weighted by Crippen LogP contribution is -2.49. The molecule has 1 fully saturated rings. The Balaban J connectivity index is 0.00000324. The number of halogens is 1. The van der Waals surface area contributed by atoms with Crippen molar-refractivity contribution in [1.29, 1.82) is 0 Å². The molecule has 0 radical (unpaired) electrons. The molecule has 4 rings (SSSR count). The molecule has 1 amide bonds. The van der Waals surface area contributed by atoms with Crippen molar-refractivity contribution in [3.05, 3.63) is 71.3 Å². The van der Waals surface area contributed by atoms with Crippen LogP contribution in [0.2, 0.25) is 0 Å². The SMILES string of the molecule is CN=C(NCCCC(=O)N1Cc2ccccc2C1)NC1CCN(C(C)c2ccccc2)CC1.I. The Bertz CT molecular complexity index is 918. The third-order valence-electron chi connectivity index (χ3n) is 6.98. The Morgan fingerprint density at radius 1 is 1.03 bits per heavy atom. The van der Waals surface area contributed by atoms with E-state index in [2.05, 4.69) is 69.9 Å². The average molecular weight is 576 g/mol. The first kappa shape index (κ1) is 26.5. The molecule has 2 heterocycles. The molecule has 0 bridgehead atoms. The number of nitrogens with zero attached hydrogens (tertiary/aromatic N) is 3. The van der Waals surface area contributed by atoms with E-state index in [1.165, 1.54) is 16.7 Å². The number of hydrogen-bond acceptors (Lipinski definition) is 3. The van der Waals surface area contributed by atoms with Gasteiger partial charge in [-0.25, -0.2) is 0 Å². The third-order valence-corrected chi connectivity index (χ3v) is 6.98. The van der Waals surface area contributed by atoms with Gasteiger partial charge in [-0.05, 0) is 42.9 Å². The maximum Gasteiger partial charge on any atom is 0.223 e. The van der Waals surface area contributed by atoms with E-state index in [9.17, 15) is 4.79 Å². The molecule has 2 N–H and O–H groups in total.